The second-order valence-electron chi connectivity index (χ2n) is 4.26. The molecule has 0 aliphatic rings. The summed E-state index contributed by atoms with van der Waals surface area (Å²) < 4.78 is 1.97. The van der Waals surface area contributed by atoms with E-state index < -0.39 is 0 Å². The van der Waals surface area contributed by atoms with Crippen LogP contribution in [-0.2, 0) is 6.54 Å². The van der Waals surface area contributed by atoms with E-state index in [1.165, 1.54) is 0 Å². The molecule has 0 fully saturated rings. The average Bonchev–Trinajstić information content (AvgIpc) is 2.98. The molecule has 2 N–H and O–H groups in total. The minimum absolute atomic E-state index is 0.547. The molecule has 0 aliphatic carbocycles. The standard InChI is InChI=1S/C15H14N4/c16-10-12-6-8-13(9-7-12)15-18-17-11-19(15)14-4-2-1-3-5-14/h1-9,11H,10,16H2. The van der Waals surface area contributed by atoms with Gasteiger partial charge in [-0.05, 0) is 17.7 Å². The van der Waals surface area contributed by atoms with Crippen molar-refractivity contribution < 1.29 is 0 Å². The number of nitrogens with zero attached hydrogens (tertiary/aromatic N) is 3. The van der Waals surface area contributed by atoms with Crippen LogP contribution in [0.4, 0.5) is 0 Å². The minimum Gasteiger partial charge on any atom is -0.326 e. The second-order valence-corrected chi connectivity index (χ2v) is 4.26. The smallest absolute Gasteiger partial charge is 0.168 e. The van der Waals surface area contributed by atoms with Crippen LogP contribution in [-0.4, -0.2) is 14.8 Å². The number of para-hydroxylation sites is 1. The maximum absolute atomic E-state index is 5.61. The molecule has 3 aromatic rings. The van der Waals surface area contributed by atoms with Crippen molar-refractivity contribution >= 4 is 0 Å². The number of hydrogen-bond acceptors (Lipinski definition) is 3. The molecular weight excluding hydrogens is 236 g/mol. The summed E-state index contributed by atoms with van der Waals surface area (Å²) >= 11 is 0. The lowest BCUT2D eigenvalue weighted by atomic mass is 10.1. The van der Waals surface area contributed by atoms with Crippen LogP contribution >= 0.6 is 0 Å². The zero-order valence-electron chi connectivity index (χ0n) is 10.4. The fraction of sp³-hybridized carbons (Fsp3) is 0.0667. The molecular formula is C15H14N4. The summed E-state index contributed by atoms with van der Waals surface area (Å²) in [6.07, 6.45) is 1.72. The quantitative estimate of drug-likeness (QED) is 0.776. The van der Waals surface area contributed by atoms with Crippen LogP contribution in [0.3, 0.4) is 0 Å². The predicted molar refractivity (Wildman–Crippen MR) is 74.7 cm³/mol. The van der Waals surface area contributed by atoms with Crippen LogP contribution in [0.1, 0.15) is 5.56 Å². The Balaban J connectivity index is 2.04. The van der Waals surface area contributed by atoms with E-state index in [1.807, 2.05) is 59.2 Å². The highest BCUT2D eigenvalue weighted by Crippen LogP contribution is 2.20. The molecule has 19 heavy (non-hydrogen) atoms. The summed E-state index contributed by atoms with van der Waals surface area (Å²) in [5.74, 6) is 0.828. The van der Waals surface area contributed by atoms with Crippen molar-refractivity contribution in [2.24, 2.45) is 5.73 Å². The molecule has 0 amide bonds. The first-order valence-electron chi connectivity index (χ1n) is 6.13. The third-order valence-corrected chi connectivity index (χ3v) is 3.03. The molecule has 1 aromatic heterocycles. The number of nitrogens with two attached hydrogens (primary N) is 1. The van der Waals surface area contributed by atoms with Gasteiger partial charge in [-0.15, -0.1) is 10.2 Å². The van der Waals surface area contributed by atoms with Gasteiger partial charge >= 0.3 is 0 Å². The van der Waals surface area contributed by atoms with Crippen LogP contribution < -0.4 is 5.73 Å². The Hall–Kier alpha value is -2.46. The normalized spacial score (nSPS) is 10.6. The van der Waals surface area contributed by atoms with Crippen molar-refractivity contribution in [2.45, 2.75) is 6.54 Å². The molecule has 0 saturated heterocycles. The monoisotopic (exact) mass is 250 g/mol. The first-order valence-corrected chi connectivity index (χ1v) is 6.13. The average molecular weight is 250 g/mol. The van der Waals surface area contributed by atoms with Crippen LogP contribution in [0.5, 0.6) is 0 Å². The van der Waals surface area contributed by atoms with E-state index in [4.69, 9.17) is 5.73 Å². The van der Waals surface area contributed by atoms with Gasteiger partial charge in [0, 0.05) is 17.8 Å². The third kappa shape index (κ3) is 2.26. The zero-order valence-corrected chi connectivity index (χ0v) is 10.4. The molecule has 0 saturated carbocycles. The van der Waals surface area contributed by atoms with Crippen LogP contribution in [0.15, 0.2) is 60.9 Å². The number of benzene rings is 2. The van der Waals surface area contributed by atoms with E-state index in [9.17, 15) is 0 Å². The molecule has 0 atom stereocenters. The van der Waals surface area contributed by atoms with Gasteiger partial charge in [-0.3, -0.25) is 4.57 Å². The van der Waals surface area contributed by atoms with Gasteiger partial charge in [-0.1, -0.05) is 42.5 Å². The molecule has 1 heterocycles. The molecule has 94 valence electrons. The summed E-state index contributed by atoms with van der Waals surface area (Å²) in [7, 11) is 0. The summed E-state index contributed by atoms with van der Waals surface area (Å²) in [5, 5.41) is 8.21. The van der Waals surface area contributed by atoms with Crippen molar-refractivity contribution in [1.82, 2.24) is 14.8 Å². The van der Waals surface area contributed by atoms with E-state index in [2.05, 4.69) is 10.2 Å². The number of aromatic nitrogens is 3. The van der Waals surface area contributed by atoms with Gasteiger partial charge in [0.05, 0.1) is 0 Å². The van der Waals surface area contributed by atoms with Crippen LogP contribution in [0.2, 0.25) is 0 Å². The molecule has 0 bridgehead atoms. The maximum Gasteiger partial charge on any atom is 0.168 e. The van der Waals surface area contributed by atoms with E-state index >= 15 is 0 Å². The van der Waals surface area contributed by atoms with E-state index in [0.717, 1.165) is 22.6 Å². The van der Waals surface area contributed by atoms with Crippen molar-refractivity contribution in [3.63, 3.8) is 0 Å². The Bertz CT molecular complexity index is 656. The Morgan fingerprint density at radius 2 is 1.68 bits per heavy atom. The van der Waals surface area contributed by atoms with Crippen LogP contribution in [0, 0.1) is 0 Å². The molecule has 3 rings (SSSR count). The van der Waals surface area contributed by atoms with Gasteiger partial charge in [0.15, 0.2) is 5.82 Å². The highest BCUT2D eigenvalue weighted by atomic mass is 15.3. The van der Waals surface area contributed by atoms with Crippen molar-refractivity contribution in [1.29, 1.82) is 0 Å². The molecule has 0 aliphatic heterocycles. The fourth-order valence-electron chi connectivity index (χ4n) is 2.00. The van der Waals surface area contributed by atoms with Gasteiger partial charge in [0.2, 0.25) is 0 Å². The molecule has 0 spiro atoms. The van der Waals surface area contributed by atoms with Gasteiger partial charge in [0.25, 0.3) is 0 Å². The van der Waals surface area contributed by atoms with Crippen molar-refractivity contribution in [2.75, 3.05) is 0 Å². The lowest BCUT2D eigenvalue weighted by Crippen LogP contribution is -1.98. The van der Waals surface area contributed by atoms with Gasteiger partial charge in [0.1, 0.15) is 6.33 Å². The highest BCUT2D eigenvalue weighted by molar-refractivity contribution is 5.58. The number of rotatable bonds is 3. The Labute approximate surface area is 111 Å². The first kappa shape index (κ1) is 11.6. The highest BCUT2D eigenvalue weighted by Gasteiger charge is 2.08. The second kappa shape index (κ2) is 5.04. The fourth-order valence-corrected chi connectivity index (χ4v) is 2.00. The Kier molecular flexibility index (Phi) is 3.08. The summed E-state index contributed by atoms with van der Waals surface area (Å²) in [4.78, 5) is 0. The minimum atomic E-state index is 0.547. The zero-order chi connectivity index (χ0) is 13.1. The SMILES string of the molecule is NCc1ccc(-c2nncn2-c2ccccc2)cc1. The molecule has 4 heteroatoms. The van der Waals surface area contributed by atoms with Crippen molar-refractivity contribution in [3.05, 3.63) is 66.5 Å². The Morgan fingerprint density at radius 1 is 0.947 bits per heavy atom. The van der Waals surface area contributed by atoms with Gasteiger partial charge < -0.3 is 5.73 Å². The predicted octanol–water partition coefficient (Wildman–Crippen LogP) is 2.39. The topological polar surface area (TPSA) is 56.7 Å². The molecule has 0 radical (unpaired) electrons. The van der Waals surface area contributed by atoms with Crippen LogP contribution in [0.25, 0.3) is 17.1 Å². The summed E-state index contributed by atoms with van der Waals surface area (Å²) in [5.41, 5.74) is 8.79. The number of hydrogen-bond donors (Lipinski definition) is 1. The molecule has 2 aromatic carbocycles. The maximum atomic E-state index is 5.61. The lowest BCUT2D eigenvalue weighted by molar-refractivity contribution is 1.06. The first-order chi connectivity index (χ1) is 9.38. The van der Waals surface area contributed by atoms with Crippen molar-refractivity contribution in [3.8, 4) is 17.1 Å². The summed E-state index contributed by atoms with van der Waals surface area (Å²) in [6.45, 7) is 0.547. The van der Waals surface area contributed by atoms with Gasteiger partial charge in [-0.2, -0.15) is 0 Å². The van der Waals surface area contributed by atoms with E-state index in [-0.39, 0.29) is 0 Å². The largest absolute Gasteiger partial charge is 0.326 e. The Morgan fingerprint density at radius 3 is 2.37 bits per heavy atom. The third-order valence-electron chi connectivity index (χ3n) is 3.03. The van der Waals surface area contributed by atoms with E-state index in [1.54, 1.807) is 6.33 Å². The lowest BCUT2D eigenvalue weighted by Gasteiger charge is -2.06. The van der Waals surface area contributed by atoms with Gasteiger partial charge in [-0.25, -0.2) is 0 Å². The molecule has 4 nitrogen and oxygen atoms in total. The molecule has 0 unspecified atom stereocenters. The van der Waals surface area contributed by atoms with E-state index in [0.29, 0.717) is 6.54 Å². The summed E-state index contributed by atoms with van der Waals surface area (Å²) in [6, 6.07) is 18.1.